The minimum atomic E-state index is -0.342. The first-order valence-corrected chi connectivity index (χ1v) is 6.93. The van der Waals surface area contributed by atoms with Crippen LogP contribution in [0.2, 0.25) is 0 Å². The van der Waals surface area contributed by atoms with E-state index in [1.54, 1.807) is 0 Å². The lowest BCUT2D eigenvalue weighted by atomic mass is 9.89. The monoisotopic (exact) mass is 258 g/mol. The average Bonchev–Trinajstić information content (AvgIpc) is 2.90. The molecule has 0 bridgehead atoms. The fourth-order valence-electron chi connectivity index (χ4n) is 3.02. The summed E-state index contributed by atoms with van der Waals surface area (Å²) in [5.41, 5.74) is 1.70. The Balaban J connectivity index is 1.79. The minimum Gasteiger partial charge on any atom is -0.353 e. The van der Waals surface area contributed by atoms with E-state index in [9.17, 15) is 9.59 Å². The first-order chi connectivity index (χ1) is 9.24. The van der Waals surface area contributed by atoms with Gasteiger partial charge in [-0.1, -0.05) is 31.0 Å². The molecule has 1 saturated carbocycles. The molecule has 1 aromatic rings. The number of nitrogens with one attached hydrogen (secondary N) is 2. The summed E-state index contributed by atoms with van der Waals surface area (Å²) in [6.45, 7) is 0. The summed E-state index contributed by atoms with van der Waals surface area (Å²) in [6.07, 6.45) is 4.74. The van der Waals surface area contributed by atoms with Gasteiger partial charge in [-0.05, 0) is 24.5 Å². The first kappa shape index (κ1) is 12.2. The number of para-hydroxylation sites is 1. The van der Waals surface area contributed by atoms with E-state index in [-0.39, 0.29) is 24.2 Å². The van der Waals surface area contributed by atoms with Crippen LogP contribution in [0.5, 0.6) is 0 Å². The van der Waals surface area contributed by atoms with Crippen LogP contribution >= 0.6 is 0 Å². The Bertz CT molecular complexity index is 507. The van der Waals surface area contributed by atoms with Gasteiger partial charge in [-0.25, -0.2) is 0 Å². The molecule has 1 aromatic carbocycles. The minimum absolute atomic E-state index is 0.00537. The Morgan fingerprint density at radius 1 is 1.21 bits per heavy atom. The van der Waals surface area contributed by atoms with Crippen LogP contribution in [0.25, 0.3) is 0 Å². The molecule has 1 fully saturated rings. The molecular weight excluding hydrogens is 240 g/mol. The number of hydrogen-bond acceptors (Lipinski definition) is 2. The summed E-state index contributed by atoms with van der Waals surface area (Å²) in [5, 5.41) is 5.91. The molecule has 0 radical (unpaired) electrons. The molecule has 2 N–H and O–H groups in total. The summed E-state index contributed by atoms with van der Waals surface area (Å²) >= 11 is 0. The number of hydrogen-bond donors (Lipinski definition) is 2. The predicted octanol–water partition coefficient (Wildman–Crippen LogP) is 2.17. The van der Waals surface area contributed by atoms with Crippen LogP contribution in [0.3, 0.4) is 0 Å². The van der Waals surface area contributed by atoms with Gasteiger partial charge in [0.05, 0.1) is 5.92 Å². The molecule has 0 saturated heterocycles. The molecule has 1 atom stereocenters. The van der Waals surface area contributed by atoms with Crippen LogP contribution in [0.15, 0.2) is 24.3 Å². The van der Waals surface area contributed by atoms with Crippen molar-refractivity contribution in [1.82, 2.24) is 5.32 Å². The maximum atomic E-state index is 12.4. The molecule has 0 aromatic heterocycles. The third-order valence-corrected chi connectivity index (χ3v) is 4.02. The van der Waals surface area contributed by atoms with Crippen molar-refractivity contribution in [2.24, 2.45) is 0 Å². The molecule has 2 amide bonds. The Morgan fingerprint density at radius 3 is 2.74 bits per heavy atom. The normalized spacial score (nSPS) is 22.7. The van der Waals surface area contributed by atoms with E-state index in [1.807, 2.05) is 24.3 Å². The molecule has 1 unspecified atom stereocenters. The maximum Gasteiger partial charge on any atom is 0.228 e. The average molecular weight is 258 g/mol. The standard InChI is InChI=1S/C15H18N2O2/c18-14-9-12(11-7-3-4-8-13(11)17-14)15(19)16-10-5-1-2-6-10/h3-4,7-8,10,12H,1-2,5-6,9H2,(H,16,19)(H,17,18). The fourth-order valence-corrected chi connectivity index (χ4v) is 3.02. The van der Waals surface area contributed by atoms with E-state index < -0.39 is 0 Å². The highest BCUT2D eigenvalue weighted by molar-refractivity contribution is 6.01. The Hall–Kier alpha value is -1.84. The zero-order valence-electron chi connectivity index (χ0n) is 10.8. The van der Waals surface area contributed by atoms with Gasteiger partial charge in [0.1, 0.15) is 0 Å². The summed E-state index contributed by atoms with van der Waals surface area (Å²) in [5.74, 6) is -0.426. The number of fused-ring (bicyclic) bond motifs is 1. The highest BCUT2D eigenvalue weighted by atomic mass is 16.2. The zero-order chi connectivity index (χ0) is 13.2. The number of rotatable bonds is 2. The van der Waals surface area contributed by atoms with Crippen molar-refractivity contribution < 1.29 is 9.59 Å². The van der Waals surface area contributed by atoms with E-state index in [4.69, 9.17) is 0 Å². The van der Waals surface area contributed by atoms with Gasteiger partial charge in [0, 0.05) is 18.2 Å². The summed E-state index contributed by atoms with van der Waals surface area (Å²) < 4.78 is 0. The first-order valence-electron chi connectivity index (χ1n) is 6.93. The van der Waals surface area contributed by atoms with E-state index >= 15 is 0 Å². The summed E-state index contributed by atoms with van der Waals surface area (Å²) in [7, 11) is 0. The lowest BCUT2D eigenvalue weighted by Crippen LogP contribution is -2.39. The summed E-state index contributed by atoms with van der Waals surface area (Å²) in [4.78, 5) is 24.1. The third kappa shape index (κ3) is 2.48. The van der Waals surface area contributed by atoms with E-state index in [1.165, 1.54) is 12.8 Å². The fraction of sp³-hybridized carbons (Fsp3) is 0.467. The van der Waals surface area contributed by atoms with E-state index in [0.29, 0.717) is 6.04 Å². The van der Waals surface area contributed by atoms with Gasteiger partial charge < -0.3 is 10.6 Å². The molecule has 1 aliphatic heterocycles. The van der Waals surface area contributed by atoms with Gasteiger partial charge in [-0.3, -0.25) is 9.59 Å². The van der Waals surface area contributed by atoms with Gasteiger partial charge in [-0.2, -0.15) is 0 Å². The Kier molecular flexibility index (Phi) is 3.23. The summed E-state index contributed by atoms with van der Waals surface area (Å²) in [6, 6.07) is 7.85. The number of carbonyl (C=O) groups is 2. The van der Waals surface area contributed by atoms with Gasteiger partial charge in [0.15, 0.2) is 0 Å². The maximum absolute atomic E-state index is 12.4. The molecule has 3 rings (SSSR count). The van der Waals surface area contributed by atoms with Crippen LogP contribution in [-0.4, -0.2) is 17.9 Å². The number of benzene rings is 1. The van der Waals surface area contributed by atoms with Crippen molar-refractivity contribution in [2.75, 3.05) is 5.32 Å². The second-order valence-corrected chi connectivity index (χ2v) is 5.38. The topological polar surface area (TPSA) is 58.2 Å². The second-order valence-electron chi connectivity index (χ2n) is 5.38. The Morgan fingerprint density at radius 2 is 1.95 bits per heavy atom. The van der Waals surface area contributed by atoms with Crippen LogP contribution in [0.1, 0.15) is 43.6 Å². The lowest BCUT2D eigenvalue weighted by molar-refractivity contribution is -0.126. The van der Waals surface area contributed by atoms with Crippen molar-refractivity contribution in [3.63, 3.8) is 0 Å². The molecule has 0 spiro atoms. The largest absolute Gasteiger partial charge is 0.353 e. The Labute approximate surface area is 112 Å². The van der Waals surface area contributed by atoms with Crippen molar-refractivity contribution in [2.45, 2.75) is 44.1 Å². The lowest BCUT2D eigenvalue weighted by Gasteiger charge is -2.26. The van der Waals surface area contributed by atoms with Gasteiger partial charge >= 0.3 is 0 Å². The van der Waals surface area contributed by atoms with E-state index in [2.05, 4.69) is 10.6 Å². The van der Waals surface area contributed by atoms with Gasteiger partial charge in [0.25, 0.3) is 0 Å². The molecule has 19 heavy (non-hydrogen) atoms. The SMILES string of the molecule is O=C1CC(C(=O)NC2CCCC2)c2ccccc2N1. The molecule has 2 aliphatic rings. The highest BCUT2D eigenvalue weighted by Crippen LogP contribution is 2.32. The molecule has 100 valence electrons. The van der Waals surface area contributed by atoms with Crippen LogP contribution in [0, 0.1) is 0 Å². The van der Waals surface area contributed by atoms with Crippen molar-refractivity contribution >= 4 is 17.5 Å². The smallest absolute Gasteiger partial charge is 0.228 e. The zero-order valence-corrected chi connectivity index (χ0v) is 10.8. The van der Waals surface area contributed by atoms with Crippen molar-refractivity contribution in [1.29, 1.82) is 0 Å². The molecule has 1 heterocycles. The number of amides is 2. The van der Waals surface area contributed by atoms with Crippen LogP contribution in [-0.2, 0) is 9.59 Å². The number of anilines is 1. The van der Waals surface area contributed by atoms with E-state index in [0.717, 1.165) is 24.1 Å². The molecule has 4 heteroatoms. The highest BCUT2D eigenvalue weighted by Gasteiger charge is 2.31. The quantitative estimate of drug-likeness (QED) is 0.854. The molecule has 4 nitrogen and oxygen atoms in total. The second kappa shape index (κ2) is 5.03. The third-order valence-electron chi connectivity index (χ3n) is 4.02. The van der Waals surface area contributed by atoms with Crippen molar-refractivity contribution in [3.8, 4) is 0 Å². The van der Waals surface area contributed by atoms with Crippen molar-refractivity contribution in [3.05, 3.63) is 29.8 Å². The molecular formula is C15H18N2O2. The van der Waals surface area contributed by atoms with Gasteiger partial charge in [0.2, 0.25) is 11.8 Å². The molecule has 1 aliphatic carbocycles. The van der Waals surface area contributed by atoms with Crippen LogP contribution < -0.4 is 10.6 Å². The van der Waals surface area contributed by atoms with Crippen LogP contribution in [0.4, 0.5) is 5.69 Å². The van der Waals surface area contributed by atoms with Gasteiger partial charge in [-0.15, -0.1) is 0 Å². The number of carbonyl (C=O) groups excluding carboxylic acids is 2. The predicted molar refractivity (Wildman–Crippen MR) is 72.8 cm³/mol.